The van der Waals surface area contributed by atoms with E-state index in [0.717, 1.165) is 11.3 Å². The number of anilines is 2. The number of nitrogens with zero attached hydrogens (tertiary/aromatic N) is 3. The molecule has 0 spiro atoms. The second kappa shape index (κ2) is 6.96. The predicted octanol–water partition coefficient (Wildman–Crippen LogP) is 3.34. The summed E-state index contributed by atoms with van der Waals surface area (Å²) in [4.78, 5) is 2.07. The van der Waals surface area contributed by atoms with Crippen LogP contribution in [0.1, 0.15) is 17.3 Å². The van der Waals surface area contributed by atoms with Crippen LogP contribution >= 0.6 is 0 Å². The van der Waals surface area contributed by atoms with Crippen LogP contribution in [0.3, 0.4) is 0 Å². The van der Waals surface area contributed by atoms with Crippen LogP contribution < -0.4 is 10.2 Å². The average Bonchev–Trinajstić information content (AvgIpc) is 3.02. The van der Waals surface area contributed by atoms with E-state index in [0.29, 0.717) is 24.7 Å². The predicted molar refractivity (Wildman–Crippen MR) is 91.6 cm³/mol. The van der Waals surface area contributed by atoms with E-state index < -0.39 is 0 Å². The van der Waals surface area contributed by atoms with Gasteiger partial charge in [-0.1, -0.05) is 30.3 Å². The maximum Gasteiger partial charge on any atom is 0.235 e. The minimum absolute atomic E-state index is 0.517. The zero-order valence-corrected chi connectivity index (χ0v) is 13.4. The quantitative estimate of drug-likeness (QED) is 0.757. The Morgan fingerprint density at radius 2 is 1.61 bits per heavy atom. The van der Waals surface area contributed by atoms with Gasteiger partial charge in [0.15, 0.2) is 0 Å². The maximum atomic E-state index is 5.68. The molecule has 0 bridgehead atoms. The molecule has 0 saturated heterocycles. The Morgan fingerprint density at radius 1 is 0.913 bits per heavy atom. The van der Waals surface area contributed by atoms with E-state index in [9.17, 15) is 0 Å². The zero-order chi connectivity index (χ0) is 16.1. The normalized spacial score (nSPS) is 10.5. The summed E-state index contributed by atoms with van der Waals surface area (Å²) in [6.07, 6.45) is 0.658. The average molecular weight is 308 g/mol. The molecular weight excluding hydrogens is 288 g/mol. The minimum Gasteiger partial charge on any atom is -0.423 e. The first-order chi connectivity index (χ1) is 11.2. The number of rotatable bonds is 6. The Kier molecular flexibility index (Phi) is 4.57. The minimum atomic E-state index is 0.517. The molecule has 23 heavy (non-hydrogen) atoms. The molecule has 1 N–H and O–H groups in total. The Morgan fingerprint density at radius 3 is 2.30 bits per heavy atom. The zero-order valence-electron chi connectivity index (χ0n) is 13.4. The van der Waals surface area contributed by atoms with Crippen molar-refractivity contribution in [2.75, 3.05) is 24.3 Å². The molecule has 3 aromatic rings. The standard InChI is InChI=1S/C18H20N4O/c1-22(2)16-10-8-15(9-11-16)19-13-18-21-20-17(23-18)12-14-6-4-3-5-7-14/h3-11,19H,12-13H2,1-2H3. The van der Waals surface area contributed by atoms with E-state index in [2.05, 4.69) is 44.7 Å². The van der Waals surface area contributed by atoms with Crippen LogP contribution in [0.4, 0.5) is 11.4 Å². The van der Waals surface area contributed by atoms with E-state index in [1.54, 1.807) is 0 Å². The molecule has 0 unspecified atom stereocenters. The van der Waals surface area contributed by atoms with Gasteiger partial charge in [0.25, 0.3) is 0 Å². The molecule has 3 rings (SSSR count). The van der Waals surface area contributed by atoms with E-state index in [4.69, 9.17) is 4.42 Å². The lowest BCUT2D eigenvalue weighted by Crippen LogP contribution is -2.08. The van der Waals surface area contributed by atoms with Crippen LogP contribution in [-0.2, 0) is 13.0 Å². The van der Waals surface area contributed by atoms with Crippen molar-refractivity contribution in [3.8, 4) is 0 Å². The van der Waals surface area contributed by atoms with Gasteiger partial charge < -0.3 is 14.6 Å². The van der Waals surface area contributed by atoms with Crippen molar-refractivity contribution in [3.05, 3.63) is 71.9 Å². The van der Waals surface area contributed by atoms with E-state index in [1.165, 1.54) is 5.69 Å². The molecule has 5 nitrogen and oxygen atoms in total. The SMILES string of the molecule is CN(C)c1ccc(NCc2nnc(Cc3ccccc3)o2)cc1. The third kappa shape index (κ3) is 4.10. The lowest BCUT2D eigenvalue weighted by molar-refractivity contribution is 0.464. The highest BCUT2D eigenvalue weighted by molar-refractivity contribution is 5.54. The maximum absolute atomic E-state index is 5.68. The van der Waals surface area contributed by atoms with Crippen molar-refractivity contribution in [3.63, 3.8) is 0 Å². The molecule has 5 heteroatoms. The molecule has 0 saturated carbocycles. The smallest absolute Gasteiger partial charge is 0.235 e. The Hall–Kier alpha value is -2.82. The summed E-state index contributed by atoms with van der Waals surface area (Å²) in [6, 6.07) is 18.3. The molecule has 2 aromatic carbocycles. The lowest BCUT2D eigenvalue weighted by atomic mass is 10.2. The first-order valence-electron chi connectivity index (χ1n) is 7.57. The molecule has 0 atom stereocenters. The largest absolute Gasteiger partial charge is 0.423 e. The molecule has 0 fully saturated rings. The number of aromatic nitrogens is 2. The molecular formula is C18H20N4O. The fourth-order valence-electron chi connectivity index (χ4n) is 2.26. The van der Waals surface area contributed by atoms with Gasteiger partial charge in [-0.25, -0.2) is 0 Å². The van der Waals surface area contributed by atoms with E-state index in [-0.39, 0.29) is 0 Å². The summed E-state index contributed by atoms with van der Waals surface area (Å²) in [5.41, 5.74) is 3.35. The van der Waals surface area contributed by atoms with Gasteiger partial charge in [0.2, 0.25) is 11.8 Å². The number of nitrogens with one attached hydrogen (secondary N) is 1. The second-order valence-corrected chi connectivity index (χ2v) is 5.55. The van der Waals surface area contributed by atoms with Crippen molar-refractivity contribution in [1.29, 1.82) is 0 Å². The Balaban J connectivity index is 1.56. The molecule has 118 valence electrons. The van der Waals surface area contributed by atoms with Gasteiger partial charge in [-0.3, -0.25) is 0 Å². The molecule has 0 aliphatic rings. The van der Waals surface area contributed by atoms with Crippen LogP contribution in [0, 0.1) is 0 Å². The highest BCUT2D eigenvalue weighted by Gasteiger charge is 2.07. The molecule has 0 aliphatic heterocycles. The highest BCUT2D eigenvalue weighted by Crippen LogP contribution is 2.16. The summed E-state index contributed by atoms with van der Waals surface area (Å²) >= 11 is 0. The van der Waals surface area contributed by atoms with Crippen LogP contribution in [0.15, 0.2) is 59.0 Å². The van der Waals surface area contributed by atoms with Gasteiger partial charge in [0, 0.05) is 25.5 Å². The third-order valence-electron chi connectivity index (χ3n) is 3.53. The summed E-state index contributed by atoms with van der Waals surface area (Å²) in [5.74, 6) is 1.23. The van der Waals surface area contributed by atoms with Gasteiger partial charge in [-0.15, -0.1) is 10.2 Å². The molecule has 0 radical (unpaired) electrons. The first-order valence-corrected chi connectivity index (χ1v) is 7.57. The lowest BCUT2D eigenvalue weighted by Gasteiger charge is -2.12. The molecule has 0 aliphatic carbocycles. The van der Waals surface area contributed by atoms with E-state index in [1.807, 2.05) is 44.4 Å². The molecule has 0 amide bonds. The Bertz CT molecular complexity index is 735. The van der Waals surface area contributed by atoms with Crippen LogP contribution in [0.2, 0.25) is 0 Å². The van der Waals surface area contributed by atoms with Gasteiger partial charge in [0.05, 0.1) is 13.0 Å². The van der Waals surface area contributed by atoms with Crippen molar-refractivity contribution < 1.29 is 4.42 Å². The van der Waals surface area contributed by atoms with Crippen molar-refractivity contribution in [1.82, 2.24) is 10.2 Å². The number of hydrogen-bond acceptors (Lipinski definition) is 5. The van der Waals surface area contributed by atoms with Gasteiger partial charge in [0.1, 0.15) is 0 Å². The van der Waals surface area contributed by atoms with Gasteiger partial charge in [-0.05, 0) is 29.8 Å². The monoisotopic (exact) mass is 308 g/mol. The van der Waals surface area contributed by atoms with Crippen molar-refractivity contribution in [2.45, 2.75) is 13.0 Å². The molecule has 1 heterocycles. The number of hydrogen-bond donors (Lipinski definition) is 1. The highest BCUT2D eigenvalue weighted by atomic mass is 16.4. The van der Waals surface area contributed by atoms with E-state index >= 15 is 0 Å². The summed E-state index contributed by atoms with van der Waals surface area (Å²) in [5, 5.41) is 11.5. The fourth-order valence-corrected chi connectivity index (χ4v) is 2.26. The summed E-state index contributed by atoms with van der Waals surface area (Å²) < 4.78 is 5.68. The van der Waals surface area contributed by atoms with Crippen molar-refractivity contribution >= 4 is 11.4 Å². The number of benzene rings is 2. The van der Waals surface area contributed by atoms with Crippen LogP contribution in [0.25, 0.3) is 0 Å². The summed E-state index contributed by atoms with van der Waals surface area (Å²) in [6.45, 7) is 0.517. The van der Waals surface area contributed by atoms with Crippen molar-refractivity contribution in [2.24, 2.45) is 0 Å². The van der Waals surface area contributed by atoms with Gasteiger partial charge in [-0.2, -0.15) is 0 Å². The topological polar surface area (TPSA) is 54.2 Å². The molecule has 1 aromatic heterocycles. The summed E-state index contributed by atoms with van der Waals surface area (Å²) in [7, 11) is 4.05. The van der Waals surface area contributed by atoms with Crippen LogP contribution in [-0.4, -0.2) is 24.3 Å². The van der Waals surface area contributed by atoms with Crippen LogP contribution in [0.5, 0.6) is 0 Å². The Labute approximate surface area is 136 Å². The third-order valence-corrected chi connectivity index (χ3v) is 3.53. The van der Waals surface area contributed by atoms with Gasteiger partial charge >= 0.3 is 0 Å². The first kappa shape index (κ1) is 15.1. The fraction of sp³-hybridized carbons (Fsp3) is 0.222. The second-order valence-electron chi connectivity index (χ2n) is 5.55.